The van der Waals surface area contributed by atoms with Crippen molar-refractivity contribution in [3.63, 3.8) is 0 Å². The van der Waals surface area contributed by atoms with E-state index < -0.39 is 0 Å². The van der Waals surface area contributed by atoms with Crippen LogP contribution in [0.4, 0.5) is 0 Å². The summed E-state index contributed by atoms with van der Waals surface area (Å²) in [7, 11) is 0. The quantitative estimate of drug-likeness (QED) is 0.762. The molecule has 3 atom stereocenters. The van der Waals surface area contributed by atoms with Crippen molar-refractivity contribution in [3.05, 3.63) is 0 Å². The van der Waals surface area contributed by atoms with Crippen LogP contribution < -0.4 is 0 Å². The highest BCUT2D eigenvalue weighted by atomic mass is 32.2. The number of rotatable bonds is 2. The van der Waals surface area contributed by atoms with E-state index in [2.05, 4.69) is 13.8 Å². The highest BCUT2D eigenvalue weighted by molar-refractivity contribution is 8.08. The minimum absolute atomic E-state index is 0.235. The molecule has 0 aromatic heterocycles. The van der Waals surface area contributed by atoms with Gasteiger partial charge in [0.05, 0.1) is 5.25 Å². The van der Waals surface area contributed by atoms with Crippen LogP contribution in [0, 0.1) is 5.92 Å². The summed E-state index contributed by atoms with van der Waals surface area (Å²) in [6.07, 6.45) is 1.87. The molecule has 0 bridgehead atoms. The summed E-state index contributed by atoms with van der Waals surface area (Å²) in [4.78, 5) is 12.3. The third kappa shape index (κ3) is 2.96. The molecule has 0 amide bonds. The lowest BCUT2D eigenvalue weighted by Gasteiger charge is -2.33. The van der Waals surface area contributed by atoms with Gasteiger partial charge < -0.3 is 4.74 Å². The van der Waals surface area contributed by atoms with Crippen LogP contribution in [-0.4, -0.2) is 40.5 Å². The van der Waals surface area contributed by atoms with E-state index in [1.54, 1.807) is 0 Å². The predicted molar refractivity (Wildman–Crippen MR) is 71.3 cm³/mol. The molecule has 2 fully saturated rings. The van der Waals surface area contributed by atoms with Gasteiger partial charge in [0.2, 0.25) is 0 Å². The van der Waals surface area contributed by atoms with Crippen LogP contribution in [0.5, 0.6) is 0 Å². The van der Waals surface area contributed by atoms with Crippen molar-refractivity contribution in [2.24, 2.45) is 5.92 Å². The Labute approximate surface area is 106 Å². The maximum absolute atomic E-state index is 12.3. The van der Waals surface area contributed by atoms with Gasteiger partial charge in [-0.2, -0.15) is 11.8 Å². The average Bonchev–Trinajstić information content (AvgIpc) is 2.33. The number of carbonyl (C=O) groups excluding carboxylic acids is 1. The van der Waals surface area contributed by atoms with E-state index in [9.17, 15) is 4.79 Å². The first kappa shape index (κ1) is 12.8. The summed E-state index contributed by atoms with van der Waals surface area (Å²) in [6.45, 7) is 6.04. The van der Waals surface area contributed by atoms with Crippen LogP contribution in [0.3, 0.4) is 0 Å². The third-order valence-corrected chi connectivity index (χ3v) is 6.90. The third-order valence-electron chi connectivity index (χ3n) is 3.49. The lowest BCUT2D eigenvalue weighted by molar-refractivity contribution is -0.124. The second-order valence-corrected chi connectivity index (χ2v) is 7.65. The van der Waals surface area contributed by atoms with Crippen molar-refractivity contribution in [1.29, 1.82) is 0 Å². The second-order valence-electron chi connectivity index (χ2n) is 4.66. The minimum atomic E-state index is 0.235. The summed E-state index contributed by atoms with van der Waals surface area (Å²) in [5.74, 6) is 1.76. The Hall–Kier alpha value is 0.330. The molecule has 0 N–H and O–H groups in total. The van der Waals surface area contributed by atoms with Gasteiger partial charge in [-0.3, -0.25) is 4.79 Å². The normalized spacial score (nSPS) is 37.2. The van der Waals surface area contributed by atoms with Crippen molar-refractivity contribution in [1.82, 2.24) is 0 Å². The molecular weight excluding hydrogens is 240 g/mol. The molecule has 2 saturated heterocycles. The average molecular weight is 260 g/mol. The molecule has 16 heavy (non-hydrogen) atoms. The molecule has 2 aliphatic rings. The molecule has 2 rings (SSSR count). The van der Waals surface area contributed by atoms with E-state index >= 15 is 0 Å². The molecule has 0 saturated carbocycles. The molecule has 2 heterocycles. The van der Waals surface area contributed by atoms with Crippen LogP contribution >= 0.6 is 23.5 Å². The molecule has 0 spiro atoms. The fourth-order valence-corrected chi connectivity index (χ4v) is 5.14. The molecule has 2 aliphatic heterocycles. The van der Waals surface area contributed by atoms with Crippen LogP contribution in [0.25, 0.3) is 0 Å². The fourth-order valence-electron chi connectivity index (χ4n) is 2.18. The first-order valence-corrected chi connectivity index (χ1v) is 8.06. The Morgan fingerprint density at radius 1 is 1.19 bits per heavy atom. The van der Waals surface area contributed by atoms with Crippen LogP contribution in [-0.2, 0) is 9.53 Å². The lowest BCUT2D eigenvalue weighted by atomic mass is 9.94. The molecule has 2 nitrogen and oxygen atoms in total. The maximum Gasteiger partial charge on any atom is 0.149 e. The number of ketones is 1. The van der Waals surface area contributed by atoms with Gasteiger partial charge in [-0.25, -0.2) is 0 Å². The van der Waals surface area contributed by atoms with Gasteiger partial charge in [0.15, 0.2) is 0 Å². The summed E-state index contributed by atoms with van der Waals surface area (Å²) in [6, 6.07) is 0. The van der Waals surface area contributed by atoms with E-state index in [0.717, 1.165) is 31.8 Å². The van der Waals surface area contributed by atoms with Crippen molar-refractivity contribution in [3.8, 4) is 0 Å². The Morgan fingerprint density at radius 2 is 1.88 bits per heavy atom. The van der Waals surface area contributed by atoms with E-state index in [1.807, 2.05) is 23.5 Å². The van der Waals surface area contributed by atoms with E-state index in [0.29, 0.717) is 16.3 Å². The van der Waals surface area contributed by atoms with Gasteiger partial charge in [-0.1, -0.05) is 13.8 Å². The molecule has 3 unspecified atom stereocenters. The van der Waals surface area contributed by atoms with Gasteiger partial charge in [0.25, 0.3) is 0 Å². The number of ether oxygens (including phenoxy) is 1. The predicted octanol–water partition coefficient (Wildman–Crippen LogP) is 2.61. The number of thioether (sulfide) groups is 2. The van der Waals surface area contributed by atoms with Gasteiger partial charge in [0.1, 0.15) is 5.78 Å². The van der Waals surface area contributed by atoms with E-state index in [1.165, 1.54) is 0 Å². The van der Waals surface area contributed by atoms with Gasteiger partial charge >= 0.3 is 0 Å². The van der Waals surface area contributed by atoms with Gasteiger partial charge in [-0.05, 0) is 12.8 Å². The van der Waals surface area contributed by atoms with E-state index in [4.69, 9.17) is 4.74 Å². The van der Waals surface area contributed by atoms with Crippen molar-refractivity contribution < 1.29 is 9.53 Å². The van der Waals surface area contributed by atoms with Crippen LogP contribution in [0.2, 0.25) is 0 Å². The summed E-state index contributed by atoms with van der Waals surface area (Å²) < 4.78 is 5.31. The van der Waals surface area contributed by atoms with Crippen molar-refractivity contribution in [2.75, 3.05) is 19.0 Å². The smallest absolute Gasteiger partial charge is 0.149 e. The number of carbonyl (C=O) groups is 1. The Morgan fingerprint density at radius 3 is 2.50 bits per heavy atom. The highest BCUT2D eigenvalue weighted by Crippen LogP contribution is 2.37. The number of hydrogen-bond donors (Lipinski definition) is 0. The molecule has 0 aliphatic carbocycles. The Kier molecular flexibility index (Phi) is 4.62. The van der Waals surface area contributed by atoms with Crippen LogP contribution in [0.15, 0.2) is 0 Å². The summed E-state index contributed by atoms with van der Waals surface area (Å²) in [5.41, 5.74) is 0. The molecule has 0 aromatic rings. The Bertz CT molecular complexity index is 251. The van der Waals surface area contributed by atoms with Gasteiger partial charge in [-0.15, -0.1) is 11.8 Å². The molecular formula is C12H20O2S2. The van der Waals surface area contributed by atoms with E-state index in [-0.39, 0.29) is 11.2 Å². The zero-order valence-electron chi connectivity index (χ0n) is 9.98. The number of Topliss-reactive ketones (excluding diaryl/α,β-unsaturated/α-hetero) is 1. The van der Waals surface area contributed by atoms with Gasteiger partial charge in [0, 0.05) is 35.4 Å². The summed E-state index contributed by atoms with van der Waals surface area (Å²) >= 11 is 3.84. The Balaban J connectivity index is 1.89. The van der Waals surface area contributed by atoms with Crippen molar-refractivity contribution in [2.45, 2.75) is 42.4 Å². The first-order chi connectivity index (χ1) is 7.68. The summed E-state index contributed by atoms with van der Waals surface area (Å²) in [5, 5.41) is 1.52. The minimum Gasteiger partial charge on any atom is -0.381 e. The van der Waals surface area contributed by atoms with Crippen LogP contribution in [0.1, 0.15) is 26.7 Å². The SMILES string of the molecule is CC1SCC(C(=O)C2CCOCC2)SC1C. The lowest BCUT2D eigenvalue weighted by Crippen LogP contribution is -2.37. The standard InChI is InChI=1S/C12H20O2S2/c1-8-9(2)16-11(7-15-8)12(13)10-3-5-14-6-4-10/h8-11H,3-7H2,1-2H3. The number of hydrogen-bond acceptors (Lipinski definition) is 4. The molecule has 0 radical (unpaired) electrons. The molecule has 92 valence electrons. The largest absolute Gasteiger partial charge is 0.381 e. The first-order valence-electron chi connectivity index (χ1n) is 6.07. The zero-order chi connectivity index (χ0) is 11.5. The maximum atomic E-state index is 12.3. The monoisotopic (exact) mass is 260 g/mol. The fraction of sp³-hybridized carbons (Fsp3) is 0.917. The highest BCUT2D eigenvalue weighted by Gasteiger charge is 2.34. The van der Waals surface area contributed by atoms with Crippen molar-refractivity contribution >= 4 is 29.3 Å². The zero-order valence-corrected chi connectivity index (χ0v) is 11.6. The second kappa shape index (κ2) is 5.78. The molecule has 0 aromatic carbocycles. The molecule has 4 heteroatoms. The topological polar surface area (TPSA) is 26.3 Å².